The molecule has 0 N–H and O–H groups in total. The summed E-state index contributed by atoms with van der Waals surface area (Å²) in [7, 11) is 0. The van der Waals surface area contributed by atoms with Crippen LogP contribution in [0.4, 0.5) is 0 Å². The lowest BCUT2D eigenvalue weighted by atomic mass is 9.95. The van der Waals surface area contributed by atoms with E-state index in [1.807, 2.05) is 18.3 Å². The Bertz CT molecular complexity index is 304. The molecule has 0 saturated carbocycles. The zero-order valence-electron chi connectivity index (χ0n) is 8.90. The summed E-state index contributed by atoms with van der Waals surface area (Å²) in [6.07, 6.45) is 4.37. The van der Waals surface area contributed by atoms with Gasteiger partial charge in [0, 0.05) is 29.7 Å². The van der Waals surface area contributed by atoms with Gasteiger partial charge >= 0.3 is 0 Å². The van der Waals surface area contributed by atoms with Crippen LogP contribution < -0.4 is 0 Å². The van der Waals surface area contributed by atoms with Crippen LogP contribution in [-0.4, -0.2) is 22.5 Å². The minimum Gasteiger partial charge on any atom is -0.378 e. The smallest absolute Gasteiger partial charge is 0.0586 e. The first kappa shape index (κ1) is 11.1. The zero-order chi connectivity index (χ0) is 10.7. The van der Waals surface area contributed by atoms with Gasteiger partial charge in [-0.25, -0.2) is 0 Å². The first-order chi connectivity index (χ1) is 7.27. The summed E-state index contributed by atoms with van der Waals surface area (Å²) in [5.41, 5.74) is 1.15. The monoisotopic (exact) mass is 269 g/mol. The van der Waals surface area contributed by atoms with Crippen molar-refractivity contribution < 1.29 is 4.74 Å². The van der Waals surface area contributed by atoms with Gasteiger partial charge in [0.1, 0.15) is 0 Å². The number of aromatic nitrogens is 1. The average Bonchev–Trinajstić information content (AvgIpc) is 2.66. The lowest BCUT2D eigenvalue weighted by Crippen LogP contribution is -2.23. The maximum absolute atomic E-state index is 5.57. The number of pyridine rings is 1. The number of halogens is 1. The van der Waals surface area contributed by atoms with Crippen molar-refractivity contribution in [1.82, 2.24) is 4.98 Å². The molecule has 1 aliphatic rings. The van der Waals surface area contributed by atoms with E-state index < -0.39 is 0 Å². The molecule has 1 fully saturated rings. The molecule has 15 heavy (non-hydrogen) atoms. The molecule has 0 amide bonds. The van der Waals surface area contributed by atoms with Crippen molar-refractivity contribution in [2.45, 2.75) is 30.7 Å². The maximum Gasteiger partial charge on any atom is 0.0586 e. The molecule has 0 aromatic carbocycles. The standard InChI is InChI=1S/C12H16BrNO/c1-9-11(5-7-15-9)12(13)8-10-4-2-3-6-14-10/h2-4,6,9,11-12H,5,7-8H2,1H3. The molecule has 0 spiro atoms. The number of alkyl halides is 1. The molecule has 3 unspecified atom stereocenters. The minimum absolute atomic E-state index is 0.373. The molecule has 3 heteroatoms. The third-order valence-corrected chi connectivity index (χ3v) is 4.03. The summed E-state index contributed by atoms with van der Waals surface area (Å²) in [4.78, 5) is 4.82. The summed E-state index contributed by atoms with van der Waals surface area (Å²) in [5.74, 6) is 0.618. The van der Waals surface area contributed by atoms with E-state index in [1.54, 1.807) is 0 Å². The van der Waals surface area contributed by atoms with Crippen LogP contribution in [0.3, 0.4) is 0 Å². The van der Waals surface area contributed by atoms with E-state index >= 15 is 0 Å². The normalized spacial score (nSPS) is 27.9. The Morgan fingerprint density at radius 1 is 1.60 bits per heavy atom. The van der Waals surface area contributed by atoms with Gasteiger partial charge in [-0.3, -0.25) is 4.98 Å². The van der Waals surface area contributed by atoms with E-state index in [0.29, 0.717) is 16.8 Å². The van der Waals surface area contributed by atoms with E-state index in [-0.39, 0.29) is 0 Å². The van der Waals surface area contributed by atoms with Gasteiger partial charge < -0.3 is 4.74 Å². The van der Waals surface area contributed by atoms with Gasteiger partial charge in [0.2, 0.25) is 0 Å². The summed E-state index contributed by atoms with van der Waals surface area (Å²) in [6, 6.07) is 6.07. The molecule has 3 atom stereocenters. The third kappa shape index (κ3) is 2.79. The van der Waals surface area contributed by atoms with Crippen molar-refractivity contribution in [2.24, 2.45) is 5.92 Å². The van der Waals surface area contributed by atoms with Crippen LogP contribution in [0.15, 0.2) is 24.4 Å². The number of nitrogens with zero attached hydrogens (tertiary/aromatic N) is 1. The molecule has 1 aromatic heterocycles. The van der Waals surface area contributed by atoms with Gasteiger partial charge in [-0.05, 0) is 31.4 Å². The Balaban J connectivity index is 1.94. The number of rotatable bonds is 3. The van der Waals surface area contributed by atoms with Gasteiger partial charge in [-0.1, -0.05) is 22.0 Å². The van der Waals surface area contributed by atoms with E-state index in [2.05, 4.69) is 33.9 Å². The predicted molar refractivity (Wildman–Crippen MR) is 64.2 cm³/mol. The van der Waals surface area contributed by atoms with Crippen LogP contribution in [0.25, 0.3) is 0 Å². The second-order valence-corrected chi connectivity index (χ2v) is 5.25. The molecule has 2 nitrogen and oxygen atoms in total. The topological polar surface area (TPSA) is 22.1 Å². The number of ether oxygens (including phenoxy) is 1. The first-order valence-electron chi connectivity index (χ1n) is 5.43. The van der Waals surface area contributed by atoms with Crippen LogP contribution in [-0.2, 0) is 11.2 Å². The van der Waals surface area contributed by atoms with Crippen LogP contribution in [0.1, 0.15) is 19.0 Å². The van der Waals surface area contributed by atoms with Crippen LogP contribution in [0, 0.1) is 5.92 Å². The van der Waals surface area contributed by atoms with Crippen molar-refractivity contribution in [3.8, 4) is 0 Å². The summed E-state index contributed by atoms with van der Waals surface area (Å²) in [6.45, 7) is 3.06. The lowest BCUT2D eigenvalue weighted by Gasteiger charge is -2.19. The lowest BCUT2D eigenvalue weighted by molar-refractivity contribution is 0.105. The molecule has 0 radical (unpaired) electrons. The second-order valence-electron chi connectivity index (χ2n) is 4.07. The Kier molecular flexibility index (Phi) is 3.76. The zero-order valence-corrected chi connectivity index (χ0v) is 10.5. The van der Waals surface area contributed by atoms with Crippen LogP contribution in [0.5, 0.6) is 0 Å². The Hall–Kier alpha value is -0.410. The second kappa shape index (κ2) is 5.08. The largest absolute Gasteiger partial charge is 0.378 e. The van der Waals surface area contributed by atoms with E-state index in [4.69, 9.17) is 4.74 Å². The Morgan fingerprint density at radius 2 is 2.47 bits per heavy atom. The highest BCUT2D eigenvalue weighted by Crippen LogP contribution is 2.30. The van der Waals surface area contributed by atoms with Gasteiger partial charge in [0.05, 0.1) is 6.10 Å². The summed E-state index contributed by atoms with van der Waals surface area (Å²) < 4.78 is 5.57. The molecule has 1 aromatic rings. The van der Waals surface area contributed by atoms with Crippen molar-refractivity contribution in [1.29, 1.82) is 0 Å². The van der Waals surface area contributed by atoms with Crippen molar-refractivity contribution in [2.75, 3.05) is 6.61 Å². The molecule has 1 aliphatic heterocycles. The van der Waals surface area contributed by atoms with Gasteiger partial charge in [0.15, 0.2) is 0 Å². The molecular weight excluding hydrogens is 254 g/mol. The van der Waals surface area contributed by atoms with Crippen LogP contribution >= 0.6 is 15.9 Å². The van der Waals surface area contributed by atoms with E-state index in [9.17, 15) is 0 Å². The molecule has 2 heterocycles. The van der Waals surface area contributed by atoms with E-state index in [0.717, 1.165) is 25.1 Å². The van der Waals surface area contributed by atoms with Gasteiger partial charge in [-0.15, -0.1) is 0 Å². The minimum atomic E-state index is 0.373. The van der Waals surface area contributed by atoms with E-state index in [1.165, 1.54) is 0 Å². The maximum atomic E-state index is 5.57. The quantitative estimate of drug-likeness (QED) is 0.788. The number of hydrogen-bond donors (Lipinski definition) is 0. The highest BCUT2D eigenvalue weighted by atomic mass is 79.9. The molecule has 82 valence electrons. The Morgan fingerprint density at radius 3 is 3.07 bits per heavy atom. The highest BCUT2D eigenvalue weighted by molar-refractivity contribution is 9.09. The van der Waals surface area contributed by atoms with Crippen molar-refractivity contribution >= 4 is 15.9 Å². The summed E-state index contributed by atoms with van der Waals surface area (Å²) in [5, 5.41) is 0. The average molecular weight is 270 g/mol. The van der Waals surface area contributed by atoms with Crippen molar-refractivity contribution in [3.05, 3.63) is 30.1 Å². The fraction of sp³-hybridized carbons (Fsp3) is 0.583. The van der Waals surface area contributed by atoms with Gasteiger partial charge in [-0.2, -0.15) is 0 Å². The molecule has 1 saturated heterocycles. The fourth-order valence-corrected chi connectivity index (χ4v) is 3.12. The molecule has 0 aliphatic carbocycles. The van der Waals surface area contributed by atoms with Crippen LogP contribution in [0.2, 0.25) is 0 Å². The SMILES string of the molecule is CC1OCCC1C(Br)Cc1ccccn1. The number of hydrogen-bond acceptors (Lipinski definition) is 2. The molecule has 2 rings (SSSR count). The summed E-state index contributed by atoms with van der Waals surface area (Å²) >= 11 is 3.76. The molecular formula is C12H16BrNO. The van der Waals surface area contributed by atoms with Crippen molar-refractivity contribution in [3.63, 3.8) is 0 Å². The first-order valence-corrected chi connectivity index (χ1v) is 6.34. The molecule has 0 bridgehead atoms. The third-order valence-electron chi connectivity index (χ3n) is 3.03. The Labute approximate surface area is 99.2 Å². The van der Waals surface area contributed by atoms with Gasteiger partial charge in [0.25, 0.3) is 0 Å². The fourth-order valence-electron chi connectivity index (χ4n) is 2.09. The highest BCUT2D eigenvalue weighted by Gasteiger charge is 2.30. The predicted octanol–water partition coefficient (Wildman–Crippen LogP) is 2.81.